The highest BCUT2D eigenvalue weighted by Gasteiger charge is 2.52. The number of fused-ring (bicyclic) bond motifs is 1. The van der Waals surface area contributed by atoms with Crippen molar-refractivity contribution in [1.29, 1.82) is 0 Å². The normalized spacial score (nSPS) is 26.7. The van der Waals surface area contributed by atoms with E-state index in [1.54, 1.807) is 12.4 Å². The molecule has 0 radical (unpaired) electrons. The monoisotopic (exact) mass is 279 g/mol. The number of aromatic nitrogens is 2. The highest BCUT2D eigenvalue weighted by atomic mass is 14.8. The van der Waals surface area contributed by atoms with Gasteiger partial charge >= 0.3 is 0 Å². The van der Waals surface area contributed by atoms with Crippen LogP contribution in [0.1, 0.15) is 60.9 Å². The zero-order chi connectivity index (χ0) is 14.3. The Morgan fingerprint density at radius 1 is 1.00 bits per heavy atom. The first-order valence-corrected chi connectivity index (χ1v) is 7.93. The Kier molecular flexibility index (Phi) is 3.03. The molecule has 0 aliphatic heterocycles. The van der Waals surface area contributed by atoms with Crippen LogP contribution in [0.25, 0.3) is 0 Å². The van der Waals surface area contributed by atoms with Crippen molar-refractivity contribution in [2.45, 2.75) is 44.1 Å². The molecule has 0 saturated heterocycles. The third kappa shape index (κ3) is 1.84. The van der Waals surface area contributed by atoms with E-state index < -0.39 is 0 Å². The molecule has 1 aromatic heterocycles. The molecule has 2 atom stereocenters. The summed E-state index contributed by atoms with van der Waals surface area (Å²) >= 11 is 0. The van der Waals surface area contributed by atoms with E-state index in [9.17, 15) is 0 Å². The second-order valence-electron chi connectivity index (χ2n) is 6.46. The lowest BCUT2D eigenvalue weighted by molar-refractivity contribution is 0.138. The van der Waals surface area contributed by atoms with Crippen LogP contribution >= 0.6 is 0 Å². The van der Waals surface area contributed by atoms with Gasteiger partial charge in [-0.05, 0) is 24.0 Å². The Morgan fingerprint density at radius 2 is 1.76 bits per heavy atom. The molecule has 0 amide bonds. The van der Waals surface area contributed by atoms with Gasteiger partial charge in [0.25, 0.3) is 0 Å². The van der Waals surface area contributed by atoms with Crippen molar-refractivity contribution in [3.05, 3.63) is 59.7 Å². The zero-order valence-electron chi connectivity index (χ0n) is 12.2. The second-order valence-corrected chi connectivity index (χ2v) is 6.46. The Hall–Kier alpha value is -1.74. The molecule has 3 heteroatoms. The van der Waals surface area contributed by atoms with Crippen molar-refractivity contribution in [1.82, 2.24) is 9.97 Å². The largest absolute Gasteiger partial charge is 0.323 e. The third-order valence-electron chi connectivity index (χ3n) is 5.50. The fraction of sp³-hybridized carbons (Fsp3) is 0.444. The second kappa shape index (κ2) is 4.92. The van der Waals surface area contributed by atoms with Gasteiger partial charge in [0.1, 0.15) is 0 Å². The summed E-state index contributed by atoms with van der Waals surface area (Å²) in [5, 5.41) is 0. The van der Waals surface area contributed by atoms with Gasteiger partial charge in [0, 0.05) is 36.0 Å². The lowest BCUT2D eigenvalue weighted by Gasteiger charge is -2.42. The van der Waals surface area contributed by atoms with Gasteiger partial charge in [-0.25, -0.2) is 0 Å². The van der Waals surface area contributed by atoms with Crippen molar-refractivity contribution in [3.8, 4) is 0 Å². The number of nitrogens with zero attached hydrogens (tertiary/aromatic N) is 2. The average Bonchev–Trinajstić information content (AvgIpc) is 2.79. The molecule has 108 valence electrons. The first-order valence-electron chi connectivity index (χ1n) is 7.93. The molecular formula is C18H21N3. The maximum atomic E-state index is 6.74. The van der Waals surface area contributed by atoms with Crippen LogP contribution in [0.3, 0.4) is 0 Å². The van der Waals surface area contributed by atoms with E-state index >= 15 is 0 Å². The molecule has 0 bridgehead atoms. The Balaban J connectivity index is 1.90. The van der Waals surface area contributed by atoms with Crippen LogP contribution in [0.5, 0.6) is 0 Å². The number of benzene rings is 1. The van der Waals surface area contributed by atoms with E-state index in [1.165, 1.54) is 43.2 Å². The number of nitrogens with two attached hydrogens (primary N) is 1. The van der Waals surface area contributed by atoms with Gasteiger partial charge in [0.2, 0.25) is 0 Å². The summed E-state index contributed by atoms with van der Waals surface area (Å²) in [7, 11) is 0. The molecule has 1 heterocycles. The van der Waals surface area contributed by atoms with Crippen molar-refractivity contribution in [2.24, 2.45) is 11.1 Å². The molecule has 2 aliphatic carbocycles. The quantitative estimate of drug-likeness (QED) is 0.868. The summed E-state index contributed by atoms with van der Waals surface area (Å²) in [4.78, 5) is 8.93. The lowest BCUT2D eigenvalue weighted by atomic mass is 9.63. The minimum absolute atomic E-state index is 0.126. The molecule has 1 saturated carbocycles. The van der Waals surface area contributed by atoms with Crippen molar-refractivity contribution in [3.63, 3.8) is 0 Å². The molecule has 1 spiro atoms. The van der Waals surface area contributed by atoms with Crippen LogP contribution in [0, 0.1) is 5.41 Å². The summed E-state index contributed by atoms with van der Waals surface area (Å²) in [5.41, 5.74) is 10.6. The minimum atomic E-state index is 0.126. The third-order valence-corrected chi connectivity index (χ3v) is 5.50. The fourth-order valence-corrected chi connectivity index (χ4v) is 4.58. The zero-order valence-corrected chi connectivity index (χ0v) is 12.2. The van der Waals surface area contributed by atoms with Crippen LogP contribution in [0.2, 0.25) is 0 Å². The highest BCUT2D eigenvalue weighted by Crippen LogP contribution is 2.61. The molecular weight excluding hydrogens is 258 g/mol. The van der Waals surface area contributed by atoms with E-state index in [4.69, 9.17) is 5.73 Å². The standard InChI is InChI=1S/C18H21N3/c19-17-14-7-3-2-6-13(14)16(15-12-20-10-11-21-15)18(17)8-4-1-5-9-18/h2-3,6-7,10-12,16-17H,1,4-5,8-9,19H2. The van der Waals surface area contributed by atoms with Crippen molar-refractivity contribution < 1.29 is 0 Å². The van der Waals surface area contributed by atoms with E-state index in [0.29, 0.717) is 5.92 Å². The number of rotatable bonds is 1. The predicted octanol–water partition coefficient (Wildman–Crippen LogP) is 3.57. The van der Waals surface area contributed by atoms with Crippen LogP contribution < -0.4 is 5.73 Å². The van der Waals surface area contributed by atoms with Crippen LogP contribution in [-0.4, -0.2) is 9.97 Å². The van der Waals surface area contributed by atoms with Crippen LogP contribution in [-0.2, 0) is 0 Å². The van der Waals surface area contributed by atoms with Crippen LogP contribution in [0.4, 0.5) is 0 Å². The predicted molar refractivity (Wildman–Crippen MR) is 82.8 cm³/mol. The smallest absolute Gasteiger partial charge is 0.0667 e. The minimum Gasteiger partial charge on any atom is -0.323 e. The van der Waals surface area contributed by atoms with Gasteiger partial charge in [0.15, 0.2) is 0 Å². The molecule has 2 aromatic rings. The van der Waals surface area contributed by atoms with E-state index in [0.717, 1.165) is 5.69 Å². The summed E-state index contributed by atoms with van der Waals surface area (Å²) < 4.78 is 0. The van der Waals surface area contributed by atoms with E-state index in [2.05, 4.69) is 34.2 Å². The summed E-state index contributed by atoms with van der Waals surface area (Å²) in [6.07, 6.45) is 11.8. The Morgan fingerprint density at radius 3 is 2.48 bits per heavy atom. The van der Waals surface area contributed by atoms with Gasteiger partial charge in [-0.1, -0.05) is 43.5 Å². The highest BCUT2D eigenvalue weighted by molar-refractivity contribution is 5.46. The van der Waals surface area contributed by atoms with Gasteiger partial charge in [-0.2, -0.15) is 0 Å². The van der Waals surface area contributed by atoms with Gasteiger partial charge in [0.05, 0.1) is 5.69 Å². The fourth-order valence-electron chi connectivity index (χ4n) is 4.58. The molecule has 4 rings (SSSR count). The lowest BCUT2D eigenvalue weighted by Crippen LogP contribution is -2.37. The molecule has 1 aromatic carbocycles. The van der Waals surface area contributed by atoms with Crippen LogP contribution in [0.15, 0.2) is 42.9 Å². The van der Waals surface area contributed by atoms with Gasteiger partial charge in [-0.15, -0.1) is 0 Å². The molecule has 21 heavy (non-hydrogen) atoms. The average molecular weight is 279 g/mol. The molecule has 1 fully saturated rings. The van der Waals surface area contributed by atoms with E-state index in [-0.39, 0.29) is 11.5 Å². The maximum absolute atomic E-state index is 6.74. The van der Waals surface area contributed by atoms with Crippen molar-refractivity contribution >= 4 is 0 Å². The summed E-state index contributed by atoms with van der Waals surface area (Å²) in [5.74, 6) is 0.303. The maximum Gasteiger partial charge on any atom is 0.0667 e. The topological polar surface area (TPSA) is 51.8 Å². The molecule has 3 nitrogen and oxygen atoms in total. The van der Waals surface area contributed by atoms with Gasteiger partial charge < -0.3 is 5.73 Å². The molecule has 2 unspecified atom stereocenters. The first kappa shape index (κ1) is 13.0. The SMILES string of the molecule is NC1c2ccccc2C(c2cnccn2)C12CCCCC2. The summed E-state index contributed by atoms with van der Waals surface area (Å²) in [6, 6.07) is 8.79. The van der Waals surface area contributed by atoms with Crippen molar-refractivity contribution in [2.75, 3.05) is 0 Å². The Labute approximate surface area is 125 Å². The van der Waals surface area contributed by atoms with Gasteiger partial charge in [-0.3, -0.25) is 9.97 Å². The Bertz CT molecular complexity index is 632. The summed E-state index contributed by atoms with van der Waals surface area (Å²) in [6.45, 7) is 0. The molecule has 2 N–H and O–H groups in total. The van der Waals surface area contributed by atoms with E-state index in [1.807, 2.05) is 6.20 Å². The number of hydrogen-bond acceptors (Lipinski definition) is 3. The molecule has 2 aliphatic rings. The first-order chi connectivity index (χ1) is 10.3. The number of hydrogen-bond donors (Lipinski definition) is 1.